The number of aliphatic carboxylic acids is 1. The summed E-state index contributed by atoms with van der Waals surface area (Å²) >= 11 is 0. The zero-order valence-electron chi connectivity index (χ0n) is 24.2. The van der Waals surface area contributed by atoms with Crippen LogP contribution in [-0.4, -0.2) is 74.9 Å². The lowest BCUT2D eigenvalue weighted by Gasteiger charge is -2.39. The Kier molecular flexibility index (Phi) is 11.1. The molecule has 0 radical (unpaired) electrons. The van der Waals surface area contributed by atoms with Gasteiger partial charge in [-0.2, -0.15) is 0 Å². The maximum atomic E-state index is 11.0. The number of carboxylic acid groups (broad SMARTS) is 1. The Bertz CT molecular complexity index is 1200. The molecule has 6 atom stereocenters. The van der Waals surface area contributed by atoms with Crippen molar-refractivity contribution < 1.29 is 44.5 Å². The van der Waals surface area contributed by atoms with Crippen LogP contribution in [0, 0.1) is 5.41 Å². The summed E-state index contributed by atoms with van der Waals surface area (Å²) in [5.74, 6) is 0.0859. The minimum Gasteiger partial charge on any atom is -0.486 e. The second kappa shape index (κ2) is 14.1. The molecule has 1 aliphatic heterocycles. The molecular weight excluding hydrogens is 528 g/mol. The number of aliphatic hydroxyl groups is 4. The fourth-order valence-electron chi connectivity index (χ4n) is 4.89. The maximum Gasteiger partial charge on any atom is 0.331 e. The molecule has 9 heteroatoms. The van der Waals surface area contributed by atoms with Gasteiger partial charge in [-0.1, -0.05) is 50.3 Å². The molecule has 0 aromatic heterocycles. The SMILES string of the molecule is CC(C=CC=CC=CC1=C(C)C(Oc2ccc(O[C@@H]3O[C@H](CO)[C@@H](O)[C@H](O)[C@H]3O)cc2)CCC1(C)C)=C(C)C(=O)O. The zero-order valence-corrected chi connectivity index (χ0v) is 24.2. The Morgan fingerprint density at radius 1 is 0.976 bits per heavy atom. The number of benzene rings is 1. The largest absolute Gasteiger partial charge is 0.486 e. The third kappa shape index (κ3) is 8.18. The summed E-state index contributed by atoms with van der Waals surface area (Å²) in [6.45, 7) is 9.32. The first-order valence-electron chi connectivity index (χ1n) is 13.7. The van der Waals surface area contributed by atoms with Crippen LogP contribution >= 0.6 is 0 Å². The Balaban J connectivity index is 1.66. The van der Waals surface area contributed by atoms with Crippen molar-refractivity contribution in [2.24, 2.45) is 5.41 Å². The number of carboxylic acids is 1. The molecule has 41 heavy (non-hydrogen) atoms. The van der Waals surface area contributed by atoms with Gasteiger partial charge in [0, 0.05) is 5.57 Å². The Morgan fingerprint density at radius 3 is 2.20 bits per heavy atom. The van der Waals surface area contributed by atoms with Gasteiger partial charge in [0.05, 0.1) is 6.61 Å². The van der Waals surface area contributed by atoms with Crippen molar-refractivity contribution >= 4 is 5.97 Å². The van der Waals surface area contributed by atoms with Crippen molar-refractivity contribution in [1.29, 1.82) is 0 Å². The van der Waals surface area contributed by atoms with Gasteiger partial charge in [0.2, 0.25) is 6.29 Å². The molecule has 9 nitrogen and oxygen atoms in total. The lowest BCUT2D eigenvalue weighted by atomic mass is 9.71. The van der Waals surface area contributed by atoms with E-state index in [1.165, 1.54) is 5.57 Å². The summed E-state index contributed by atoms with van der Waals surface area (Å²) in [5.41, 5.74) is 3.33. The molecule has 2 aliphatic rings. The number of allylic oxidation sites excluding steroid dienone is 8. The average molecular weight is 571 g/mol. The van der Waals surface area contributed by atoms with Crippen LogP contribution in [0.2, 0.25) is 0 Å². The van der Waals surface area contributed by atoms with Crippen molar-refractivity contribution in [2.75, 3.05) is 6.61 Å². The summed E-state index contributed by atoms with van der Waals surface area (Å²) in [6, 6.07) is 6.83. The molecule has 0 bridgehead atoms. The first-order chi connectivity index (χ1) is 19.4. The van der Waals surface area contributed by atoms with E-state index >= 15 is 0 Å². The van der Waals surface area contributed by atoms with Crippen molar-refractivity contribution in [3.05, 3.63) is 83.0 Å². The second-order valence-corrected chi connectivity index (χ2v) is 11.1. The second-order valence-electron chi connectivity index (χ2n) is 11.1. The van der Waals surface area contributed by atoms with Crippen LogP contribution in [0.15, 0.2) is 83.0 Å². The molecule has 0 saturated carbocycles. The van der Waals surface area contributed by atoms with Gasteiger partial charge in [-0.3, -0.25) is 0 Å². The number of hydrogen-bond acceptors (Lipinski definition) is 8. The fraction of sp³-hybridized carbons (Fsp3) is 0.469. The smallest absolute Gasteiger partial charge is 0.331 e. The molecule has 224 valence electrons. The van der Waals surface area contributed by atoms with E-state index in [1.807, 2.05) is 24.3 Å². The standard InChI is InChI=1S/C32H42O9/c1-19(20(2)30(37)38)10-8-6-7-9-11-24-21(3)25(16-17-32(24,4)5)39-22-12-14-23(15-13-22)40-31-29(36)28(35)27(34)26(18-33)41-31/h6-15,25-29,31,33-36H,16-18H2,1-5H3,(H,37,38)/t25?,26-,27-,28+,29-,31-/m1/s1. The summed E-state index contributed by atoms with van der Waals surface area (Å²) in [7, 11) is 0. The molecule has 3 rings (SSSR count). The number of hydrogen-bond donors (Lipinski definition) is 5. The van der Waals surface area contributed by atoms with Crippen molar-refractivity contribution in [2.45, 2.75) is 84.3 Å². The van der Waals surface area contributed by atoms with Gasteiger partial charge in [-0.15, -0.1) is 0 Å². The highest BCUT2D eigenvalue weighted by Crippen LogP contribution is 2.42. The van der Waals surface area contributed by atoms with Gasteiger partial charge >= 0.3 is 5.97 Å². The van der Waals surface area contributed by atoms with E-state index in [4.69, 9.17) is 19.3 Å². The molecule has 1 saturated heterocycles. The van der Waals surface area contributed by atoms with E-state index < -0.39 is 43.3 Å². The third-order valence-electron chi connectivity index (χ3n) is 7.73. The molecule has 1 aliphatic carbocycles. The van der Waals surface area contributed by atoms with E-state index in [0.717, 1.165) is 18.4 Å². The van der Waals surface area contributed by atoms with Crippen molar-refractivity contribution in [3.8, 4) is 11.5 Å². The summed E-state index contributed by atoms with van der Waals surface area (Å²) in [6.07, 6.45) is 6.37. The Morgan fingerprint density at radius 2 is 1.59 bits per heavy atom. The van der Waals surface area contributed by atoms with E-state index in [0.29, 0.717) is 22.6 Å². The predicted molar refractivity (Wildman–Crippen MR) is 154 cm³/mol. The number of carbonyl (C=O) groups is 1. The predicted octanol–water partition coefficient (Wildman–Crippen LogP) is 3.84. The van der Waals surface area contributed by atoms with Crippen molar-refractivity contribution in [3.63, 3.8) is 0 Å². The van der Waals surface area contributed by atoms with Gasteiger partial charge < -0.3 is 39.7 Å². The molecule has 0 amide bonds. The van der Waals surface area contributed by atoms with Crippen LogP contribution in [0.3, 0.4) is 0 Å². The van der Waals surface area contributed by atoms with Crippen LogP contribution in [0.4, 0.5) is 0 Å². The third-order valence-corrected chi connectivity index (χ3v) is 7.73. The molecule has 1 aromatic rings. The lowest BCUT2D eigenvalue weighted by molar-refractivity contribution is -0.277. The topological polar surface area (TPSA) is 146 Å². The normalized spacial score (nSPS) is 29.3. The number of aliphatic hydroxyl groups excluding tert-OH is 4. The minimum atomic E-state index is -1.51. The van der Waals surface area contributed by atoms with Gasteiger partial charge in [-0.25, -0.2) is 4.79 Å². The van der Waals surface area contributed by atoms with E-state index in [-0.39, 0.29) is 11.5 Å². The van der Waals surface area contributed by atoms with Crippen LogP contribution < -0.4 is 9.47 Å². The molecular formula is C32H42O9. The monoisotopic (exact) mass is 570 g/mol. The Hall–Kier alpha value is -3.21. The van der Waals surface area contributed by atoms with Crippen molar-refractivity contribution in [1.82, 2.24) is 0 Å². The van der Waals surface area contributed by atoms with Crippen LogP contribution in [0.5, 0.6) is 11.5 Å². The Labute approximate surface area is 241 Å². The summed E-state index contributed by atoms with van der Waals surface area (Å²) < 4.78 is 17.4. The van der Waals surface area contributed by atoms with Gasteiger partial charge in [0.1, 0.15) is 42.0 Å². The average Bonchev–Trinajstić information content (AvgIpc) is 2.94. The molecule has 1 aromatic carbocycles. The minimum absolute atomic E-state index is 0.0227. The highest BCUT2D eigenvalue weighted by molar-refractivity contribution is 5.87. The van der Waals surface area contributed by atoms with Gasteiger partial charge in [0.25, 0.3) is 0 Å². The number of rotatable bonds is 10. The van der Waals surface area contributed by atoms with E-state index in [9.17, 15) is 25.2 Å². The van der Waals surface area contributed by atoms with E-state index in [1.54, 1.807) is 44.2 Å². The van der Waals surface area contributed by atoms with Gasteiger partial charge in [0.15, 0.2) is 0 Å². The first-order valence-corrected chi connectivity index (χ1v) is 13.7. The first kappa shape index (κ1) is 32.3. The number of ether oxygens (including phenoxy) is 3. The van der Waals surface area contributed by atoms with Gasteiger partial charge in [-0.05, 0) is 80.0 Å². The lowest BCUT2D eigenvalue weighted by Crippen LogP contribution is -2.60. The van der Waals surface area contributed by atoms with Crippen LogP contribution in [-0.2, 0) is 9.53 Å². The highest BCUT2D eigenvalue weighted by Gasteiger charge is 2.44. The zero-order chi connectivity index (χ0) is 30.3. The summed E-state index contributed by atoms with van der Waals surface area (Å²) in [5, 5.41) is 48.5. The maximum absolute atomic E-state index is 11.0. The molecule has 5 N–H and O–H groups in total. The van der Waals surface area contributed by atoms with Crippen LogP contribution in [0.25, 0.3) is 0 Å². The quantitative estimate of drug-likeness (QED) is 0.209. The molecule has 1 heterocycles. The van der Waals surface area contributed by atoms with E-state index in [2.05, 4.69) is 26.8 Å². The molecule has 0 spiro atoms. The summed E-state index contributed by atoms with van der Waals surface area (Å²) in [4.78, 5) is 11.0. The highest BCUT2D eigenvalue weighted by atomic mass is 16.7. The molecule has 1 unspecified atom stereocenters. The molecule has 1 fully saturated rings. The van der Waals surface area contributed by atoms with Crippen LogP contribution in [0.1, 0.15) is 47.5 Å². The fourth-order valence-corrected chi connectivity index (χ4v) is 4.89.